The molecule has 2 fully saturated rings. The van der Waals surface area contributed by atoms with Crippen molar-refractivity contribution in [3.05, 3.63) is 0 Å². The van der Waals surface area contributed by atoms with E-state index < -0.39 is 0 Å². The Morgan fingerprint density at radius 3 is 2.62 bits per heavy atom. The second-order valence-corrected chi connectivity index (χ2v) is 6.71. The predicted molar refractivity (Wildman–Crippen MR) is 82.0 cm³/mol. The van der Waals surface area contributed by atoms with Crippen molar-refractivity contribution in [2.75, 3.05) is 26.7 Å². The third-order valence-electron chi connectivity index (χ3n) is 4.90. The van der Waals surface area contributed by atoms with Crippen molar-refractivity contribution in [2.45, 2.75) is 63.6 Å². The molecule has 1 heterocycles. The number of piperidine rings is 1. The van der Waals surface area contributed by atoms with E-state index in [9.17, 15) is 9.90 Å². The van der Waals surface area contributed by atoms with Crippen LogP contribution in [0.3, 0.4) is 0 Å². The Bertz CT molecular complexity index is 329. The molecule has 1 saturated carbocycles. The van der Waals surface area contributed by atoms with Gasteiger partial charge in [0, 0.05) is 25.2 Å². The number of hydrogen-bond acceptors (Lipinski definition) is 5. The zero-order valence-electron chi connectivity index (χ0n) is 13.4. The van der Waals surface area contributed by atoms with Crippen LogP contribution in [0.5, 0.6) is 0 Å². The average molecular weight is 298 g/mol. The van der Waals surface area contributed by atoms with Crippen molar-refractivity contribution in [3.63, 3.8) is 0 Å². The van der Waals surface area contributed by atoms with Gasteiger partial charge in [0.15, 0.2) is 0 Å². The lowest BCUT2D eigenvalue weighted by Gasteiger charge is -2.40. The first-order chi connectivity index (χ1) is 10.1. The molecular weight excluding hydrogens is 268 g/mol. The van der Waals surface area contributed by atoms with E-state index in [-0.39, 0.29) is 18.0 Å². The minimum absolute atomic E-state index is 0.197. The molecule has 5 nitrogen and oxygen atoms in total. The lowest BCUT2D eigenvalue weighted by Crippen LogP contribution is -2.54. The molecule has 0 aromatic heterocycles. The molecule has 2 rings (SSSR count). The number of nitrogens with zero attached hydrogens (tertiary/aromatic N) is 1. The number of ether oxygens (including phenoxy) is 1. The fourth-order valence-electron chi connectivity index (χ4n) is 3.68. The first-order valence-corrected chi connectivity index (χ1v) is 8.31. The van der Waals surface area contributed by atoms with Crippen LogP contribution in [0.1, 0.15) is 45.4 Å². The van der Waals surface area contributed by atoms with Gasteiger partial charge in [0.25, 0.3) is 0 Å². The summed E-state index contributed by atoms with van der Waals surface area (Å²) in [4.78, 5) is 13.6. The number of esters is 1. The number of hydrogen-bond donors (Lipinski definition) is 2. The minimum Gasteiger partial charge on any atom is -0.468 e. The zero-order chi connectivity index (χ0) is 15.2. The highest BCUT2D eigenvalue weighted by Crippen LogP contribution is 2.23. The molecule has 0 radical (unpaired) electrons. The first-order valence-electron chi connectivity index (χ1n) is 8.31. The number of carbonyl (C=O) groups is 1. The molecule has 2 aliphatic rings. The highest BCUT2D eigenvalue weighted by atomic mass is 16.5. The molecule has 21 heavy (non-hydrogen) atoms. The molecule has 1 aliphatic heterocycles. The minimum atomic E-state index is -0.332. The molecule has 0 aromatic rings. The van der Waals surface area contributed by atoms with Crippen molar-refractivity contribution in [1.82, 2.24) is 10.2 Å². The molecule has 1 aliphatic carbocycles. The molecule has 3 atom stereocenters. The van der Waals surface area contributed by atoms with Gasteiger partial charge in [-0.05, 0) is 32.1 Å². The van der Waals surface area contributed by atoms with Crippen LogP contribution in [-0.4, -0.2) is 60.9 Å². The smallest absolute Gasteiger partial charge is 0.319 e. The Morgan fingerprint density at radius 2 is 2.00 bits per heavy atom. The maximum atomic E-state index is 11.5. The third kappa shape index (κ3) is 5.24. The van der Waals surface area contributed by atoms with E-state index in [0.717, 1.165) is 19.5 Å². The summed E-state index contributed by atoms with van der Waals surface area (Å²) >= 11 is 0. The van der Waals surface area contributed by atoms with Gasteiger partial charge in [-0.25, -0.2) is 0 Å². The first kappa shape index (κ1) is 16.7. The van der Waals surface area contributed by atoms with Crippen molar-refractivity contribution in [2.24, 2.45) is 5.92 Å². The van der Waals surface area contributed by atoms with Gasteiger partial charge in [-0.3, -0.25) is 9.69 Å². The number of carbonyl (C=O) groups excluding carboxylic acids is 1. The number of rotatable bonds is 5. The van der Waals surface area contributed by atoms with Gasteiger partial charge < -0.3 is 15.2 Å². The largest absolute Gasteiger partial charge is 0.468 e. The van der Waals surface area contributed by atoms with Gasteiger partial charge in [-0.15, -0.1) is 0 Å². The van der Waals surface area contributed by atoms with Crippen molar-refractivity contribution in [1.29, 1.82) is 0 Å². The van der Waals surface area contributed by atoms with Crippen LogP contribution < -0.4 is 5.32 Å². The Kier molecular flexibility index (Phi) is 6.45. The summed E-state index contributed by atoms with van der Waals surface area (Å²) in [5, 5.41) is 13.7. The maximum Gasteiger partial charge on any atom is 0.319 e. The summed E-state index contributed by atoms with van der Waals surface area (Å²) < 4.78 is 4.77. The van der Waals surface area contributed by atoms with Crippen LogP contribution in [0.15, 0.2) is 0 Å². The van der Waals surface area contributed by atoms with Crippen molar-refractivity contribution in [3.8, 4) is 0 Å². The van der Waals surface area contributed by atoms with Gasteiger partial charge in [0.05, 0.1) is 19.8 Å². The van der Waals surface area contributed by atoms with Gasteiger partial charge in [-0.1, -0.05) is 19.3 Å². The quantitative estimate of drug-likeness (QED) is 0.746. The van der Waals surface area contributed by atoms with E-state index in [1.54, 1.807) is 0 Å². The molecule has 5 heteroatoms. The lowest BCUT2D eigenvalue weighted by atomic mass is 9.88. The van der Waals surface area contributed by atoms with Gasteiger partial charge in [0.2, 0.25) is 0 Å². The number of aliphatic hydroxyl groups is 1. The van der Waals surface area contributed by atoms with Gasteiger partial charge in [0.1, 0.15) is 0 Å². The standard InChI is InChI=1S/C16H30N2O3/c1-12(19)13-8-15(17-14-6-4-3-5-7-14)10-18(9-13)11-16(20)21-2/h12-15,17,19H,3-11H2,1-2H3. The summed E-state index contributed by atoms with van der Waals surface area (Å²) in [7, 11) is 1.43. The Morgan fingerprint density at radius 1 is 1.29 bits per heavy atom. The summed E-state index contributed by atoms with van der Waals surface area (Å²) in [5.74, 6) is 0.0298. The lowest BCUT2D eigenvalue weighted by molar-refractivity contribution is -0.142. The molecule has 122 valence electrons. The third-order valence-corrected chi connectivity index (χ3v) is 4.90. The number of methoxy groups -OCH3 is 1. The zero-order valence-corrected chi connectivity index (χ0v) is 13.4. The highest BCUT2D eigenvalue weighted by Gasteiger charge is 2.32. The second kappa shape index (κ2) is 8.11. The van der Waals surface area contributed by atoms with Crippen LogP contribution in [0.2, 0.25) is 0 Å². The fraction of sp³-hybridized carbons (Fsp3) is 0.938. The summed E-state index contributed by atoms with van der Waals surface area (Å²) in [6, 6.07) is 0.975. The number of nitrogens with one attached hydrogen (secondary N) is 1. The topological polar surface area (TPSA) is 61.8 Å². The molecule has 0 aromatic carbocycles. The van der Waals surface area contributed by atoms with Crippen LogP contribution in [0, 0.1) is 5.92 Å². The average Bonchev–Trinajstić information content (AvgIpc) is 2.47. The van der Waals surface area contributed by atoms with E-state index in [0.29, 0.717) is 18.6 Å². The molecule has 0 bridgehead atoms. The van der Waals surface area contributed by atoms with Gasteiger partial charge >= 0.3 is 5.97 Å². The SMILES string of the molecule is COC(=O)CN1CC(NC2CCCCC2)CC(C(C)O)C1. The van der Waals surface area contributed by atoms with Crippen molar-refractivity contribution < 1.29 is 14.6 Å². The van der Waals surface area contributed by atoms with Crippen LogP contribution >= 0.6 is 0 Å². The molecular formula is C16H30N2O3. The van der Waals surface area contributed by atoms with Crippen LogP contribution in [0.25, 0.3) is 0 Å². The van der Waals surface area contributed by atoms with E-state index in [4.69, 9.17) is 4.74 Å². The van der Waals surface area contributed by atoms with E-state index >= 15 is 0 Å². The second-order valence-electron chi connectivity index (χ2n) is 6.71. The van der Waals surface area contributed by atoms with Crippen LogP contribution in [0.4, 0.5) is 0 Å². The Labute approximate surface area is 128 Å². The monoisotopic (exact) mass is 298 g/mol. The maximum absolute atomic E-state index is 11.5. The molecule has 0 spiro atoms. The molecule has 1 saturated heterocycles. The number of aliphatic hydroxyl groups excluding tert-OH is 1. The normalized spacial score (nSPS) is 30.0. The fourth-order valence-corrected chi connectivity index (χ4v) is 3.68. The Hall–Kier alpha value is -0.650. The van der Waals surface area contributed by atoms with Crippen LogP contribution in [-0.2, 0) is 9.53 Å². The van der Waals surface area contributed by atoms with Gasteiger partial charge in [-0.2, -0.15) is 0 Å². The molecule has 0 amide bonds. The molecule has 2 N–H and O–H groups in total. The van der Waals surface area contributed by atoms with E-state index in [2.05, 4.69) is 10.2 Å². The molecule has 3 unspecified atom stereocenters. The van der Waals surface area contributed by atoms with Crippen molar-refractivity contribution >= 4 is 5.97 Å². The predicted octanol–water partition coefficient (Wildman–Crippen LogP) is 1.15. The highest BCUT2D eigenvalue weighted by molar-refractivity contribution is 5.71. The Balaban J connectivity index is 1.90. The summed E-state index contributed by atoms with van der Waals surface area (Å²) in [5.41, 5.74) is 0. The number of likely N-dealkylation sites (tertiary alicyclic amines) is 1. The van der Waals surface area contributed by atoms with E-state index in [1.165, 1.54) is 39.2 Å². The summed E-state index contributed by atoms with van der Waals surface area (Å²) in [6.45, 7) is 3.82. The van der Waals surface area contributed by atoms with E-state index in [1.807, 2.05) is 6.92 Å². The summed E-state index contributed by atoms with van der Waals surface area (Å²) in [6.07, 6.45) is 7.16.